The molecule has 0 aliphatic heterocycles. The van der Waals surface area contributed by atoms with Gasteiger partial charge < -0.3 is 10.1 Å². The van der Waals surface area contributed by atoms with Crippen LogP contribution in [0.2, 0.25) is 0 Å². The summed E-state index contributed by atoms with van der Waals surface area (Å²) >= 11 is 1.73. The SMILES string of the molecule is CCc1cc2c(NC)nc(C(OC)C(C)C)nc2s1. The molecule has 0 fully saturated rings. The largest absolute Gasteiger partial charge is 0.373 e. The van der Waals surface area contributed by atoms with Crippen LogP contribution in [0.1, 0.15) is 37.6 Å². The molecule has 2 heterocycles. The first kappa shape index (κ1) is 14.2. The van der Waals surface area contributed by atoms with E-state index in [0.717, 1.165) is 28.3 Å². The molecule has 0 aromatic carbocycles. The molecule has 2 aromatic rings. The zero-order valence-corrected chi connectivity index (χ0v) is 13.0. The fourth-order valence-corrected chi connectivity index (χ4v) is 3.13. The van der Waals surface area contributed by atoms with Gasteiger partial charge in [0.15, 0.2) is 5.82 Å². The smallest absolute Gasteiger partial charge is 0.161 e. The van der Waals surface area contributed by atoms with E-state index in [9.17, 15) is 0 Å². The fraction of sp³-hybridized carbons (Fsp3) is 0.571. The molecule has 104 valence electrons. The topological polar surface area (TPSA) is 47.0 Å². The summed E-state index contributed by atoms with van der Waals surface area (Å²) in [5.41, 5.74) is 0. The fourth-order valence-electron chi connectivity index (χ4n) is 2.16. The van der Waals surface area contributed by atoms with Crippen LogP contribution in [0, 0.1) is 5.92 Å². The molecule has 1 unspecified atom stereocenters. The molecule has 4 nitrogen and oxygen atoms in total. The van der Waals surface area contributed by atoms with Crippen LogP contribution in [0.3, 0.4) is 0 Å². The van der Waals surface area contributed by atoms with Gasteiger partial charge in [0, 0.05) is 19.0 Å². The number of hydrogen-bond acceptors (Lipinski definition) is 5. The lowest BCUT2D eigenvalue weighted by molar-refractivity contribution is 0.0579. The molecule has 0 saturated carbocycles. The van der Waals surface area contributed by atoms with E-state index in [4.69, 9.17) is 4.74 Å². The number of nitrogens with one attached hydrogen (secondary N) is 1. The second-order valence-electron chi connectivity index (χ2n) is 4.87. The van der Waals surface area contributed by atoms with E-state index in [0.29, 0.717) is 5.92 Å². The first-order valence-electron chi connectivity index (χ1n) is 6.61. The minimum Gasteiger partial charge on any atom is -0.373 e. The molecule has 2 aromatic heterocycles. The van der Waals surface area contributed by atoms with Gasteiger partial charge in [-0.2, -0.15) is 0 Å². The van der Waals surface area contributed by atoms with Crippen molar-refractivity contribution in [1.82, 2.24) is 9.97 Å². The van der Waals surface area contributed by atoms with Crippen molar-refractivity contribution in [2.24, 2.45) is 5.92 Å². The van der Waals surface area contributed by atoms with Gasteiger partial charge in [-0.15, -0.1) is 11.3 Å². The van der Waals surface area contributed by atoms with Crippen molar-refractivity contribution >= 4 is 27.4 Å². The Hall–Kier alpha value is -1.20. The van der Waals surface area contributed by atoms with Crippen molar-refractivity contribution in [2.45, 2.75) is 33.3 Å². The number of fused-ring (bicyclic) bond motifs is 1. The van der Waals surface area contributed by atoms with Crippen molar-refractivity contribution in [3.63, 3.8) is 0 Å². The highest BCUT2D eigenvalue weighted by molar-refractivity contribution is 7.18. The van der Waals surface area contributed by atoms with Crippen LogP contribution in [0.4, 0.5) is 5.82 Å². The molecule has 0 aliphatic carbocycles. The molecule has 19 heavy (non-hydrogen) atoms. The number of aromatic nitrogens is 2. The van der Waals surface area contributed by atoms with Crippen molar-refractivity contribution in [3.8, 4) is 0 Å². The Kier molecular flexibility index (Phi) is 4.37. The van der Waals surface area contributed by atoms with Gasteiger partial charge in [-0.25, -0.2) is 9.97 Å². The summed E-state index contributed by atoms with van der Waals surface area (Å²) in [7, 11) is 3.61. The minimum absolute atomic E-state index is 0.0660. The summed E-state index contributed by atoms with van der Waals surface area (Å²) in [6.07, 6.45) is 0.959. The highest BCUT2D eigenvalue weighted by Gasteiger charge is 2.20. The summed E-state index contributed by atoms with van der Waals surface area (Å²) in [6, 6.07) is 2.17. The first-order chi connectivity index (χ1) is 9.10. The maximum absolute atomic E-state index is 5.53. The van der Waals surface area contributed by atoms with Gasteiger partial charge in [0.2, 0.25) is 0 Å². The van der Waals surface area contributed by atoms with Crippen molar-refractivity contribution < 1.29 is 4.74 Å². The molecule has 1 atom stereocenters. The second kappa shape index (κ2) is 5.84. The van der Waals surface area contributed by atoms with E-state index in [1.54, 1.807) is 18.4 Å². The molecule has 0 radical (unpaired) electrons. The summed E-state index contributed by atoms with van der Waals surface area (Å²) in [5, 5.41) is 4.27. The standard InChI is InChI=1S/C14H21N3OS/c1-6-9-7-10-12(15-4)16-13(17-14(10)19-9)11(18-5)8(2)3/h7-8,11H,6H2,1-5H3,(H,15,16,17). The van der Waals surface area contributed by atoms with Crippen molar-refractivity contribution in [3.05, 3.63) is 16.8 Å². The van der Waals surface area contributed by atoms with Gasteiger partial charge in [-0.3, -0.25) is 0 Å². The molecular formula is C14H21N3OS. The second-order valence-corrected chi connectivity index (χ2v) is 5.98. The van der Waals surface area contributed by atoms with Gasteiger partial charge in [-0.05, 0) is 18.4 Å². The van der Waals surface area contributed by atoms with Gasteiger partial charge in [-0.1, -0.05) is 20.8 Å². The van der Waals surface area contributed by atoms with E-state index < -0.39 is 0 Å². The Bertz CT molecular complexity index is 565. The zero-order valence-electron chi connectivity index (χ0n) is 12.2. The van der Waals surface area contributed by atoms with E-state index in [-0.39, 0.29) is 6.10 Å². The number of ether oxygens (including phenoxy) is 1. The average Bonchev–Trinajstić information content (AvgIpc) is 2.81. The van der Waals surface area contributed by atoms with Crippen molar-refractivity contribution in [2.75, 3.05) is 19.5 Å². The van der Waals surface area contributed by atoms with Crippen LogP contribution >= 0.6 is 11.3 Å². The van der Waals surface area contributed by atoms with E-state index in [2.05, 4.69) is 42.1 Å². The Morgan fingerprint density at radius 2 is 2.11 bits per heavy atom. The number of hydrogen-bond donors (Lipinski definition) is 1. The Labute approximate surface area is 118 Å². The molecule has 0 amide bonds. The molecule has 5 heteroatoms. The van der Waals surface area contributed by atoms with E-state index in [1.807, 2.05) is 7.05 Å². The molecular weight excluding hydrogens is 258 g/mol. The Morgan fingerprint density at radius 3 is 2.63 bits per heavy atom. The Morgan fingerprint density at radius 1 is 1.37 bits per heavy atom. The number of rotatable bonds is 5. The van der Waals surface area contributed by atoms with E-state index >= 15 is 0 Å². The molecule has 0 spiro atoms. The van der Waals surface area contributed by atoms with E-state index in [1.165, 1.54) is 4.88 Å². The normalized spacial score (nSPS) is 13.2. The van der Waals surface area contributed by atoms with Gasteiger partial charge in [0.25, 0.3) is 0 Å². The maximum atomic E-state index is 5.53. The number of thiophene rings is 1. The average molecular weight is 279 g/mol. The van der Waals surface area contributed by atoms with Crippen LogP contribution < -0.4 is 5.32 Å². The summed E-state index contributed by atoms with van der Waals surface area (Å²) in [6.45, 7) is 6.39. The highest BCUT2D eigenvalue weighted by Crippen LogP contribution is 2.32. The monoisotopic (exact) mass is 279 g/mol. The van der Waals surface area contributed by atoms with Crippen LogP contribution in [0.15, 0.2) is 6.07 Å². The molecule has 1 N–H and O–H groups in total. The number of anilines is 1. The summed E-state index contributed by atoms with van der Waals surface area (Å²) in [4.78, 5) is 11.7. The van der Waals surface area contributed by atoms with Crippen LogP contribution in [0.5, 0.6) is 0 Å². The maximum Gasteiger partial charge on any atom is 0.161 e. The highest BCUT2D eigenvalue weighted by atomic mass is 32.1. The Balaban J connectivity index is 2.57. The van der Waals surface area contributed by atoms with Crippen LogP contribution in [-0.4, -0.2) is 24.1 Å². The third-order valence-corrected chi connectivity index (χ3v) is 4.33. The molecule has 2 rings (SSSR count). The number of aryl methyl sites for hydroxylation is 1. The van der Waals surface area contributed by atoms with Gasteiger partial charge in [0.1, 0.15) is 16.8 Å². The lowest BCUT2D eigenvalue weighted by Gasteiger charge is -2.18. The lowest BCUT2D eigenvalue weighted by Crippen LogP contribution is -2.13. The molecule has 0 aliphatic rings. The lowest BCUT2D eigenvalue weighted by atomic mass is 10.1. The molecule has 0 bridgehead atoms. The summed E-state index contributed by atoms with van der Waals surface area (Å²) in [5.74, 6) is 2.00. The van der Waals surface area contributed by atoms with Crippen LogP contribution in [-0.2, 0) is 11.2 Å². The quantitative estimate of drug-likeness (QED) is 0.907. The summed E-state index contributed by atoms with van der Waals surface area (Å²) < 4.78 is 5.53. The van der Waals surface area contributed by atoms with Crippen molar-refractivity contribution in [1.29, 1.82) is 0 Å². The third kappa shape index (κ3) is 2.72. The predicted molar refractivity (Wildman–Crippen MR) is 80.9 cm³/mol. The third-order valence-electron chi connectivity index (χ3n) is 3.16. The minimum atomic E-state index is -0.0660. The van der Waals surface area contributed by atoms with Gasteiger partial charge in [0.05, 0.1) is 5.39 Å². The van der Waals surface area contributed by atoms with Crippen LogP contribution in [0.25, 0.3) is 10.2 Å². The predicted octanol–water partition coefficient (Wildman–Crippen LogP) is 3.64. The number of methoxy groups -OCH3 is 1. The first-order valence-corrected chi connectivity index (χ1v) is 7.43. The zero-order chi connectivity index (χ0) is 14.0. The van der Waals surface area contributed by atoms with Gasteiger partial charge >= 0.3 is 0 Å². The number of nitrogens with zero attached hydrogens (tertiary/aromatic N) is 2. The molecule has 0 saturated heterocycles.